The standard InChI is InChI=1S/C10H12BrNO2/c1-2-7(11)10(14)12-8-5-3-4-6-9(8)13/h3-7,13H,2H2,1H3,(H,12,14)/t7-/m0/s1. The molecule has 1 aromatic rings. The number of amides is 1. The number of aromatic hydroxyl groups is 1. The lowest BCUT2D eigenvalue weighted by molar-refractivity contribution is -0.115. The fourth-order valence-corrected chi connectivity index (χ4v) is 1.09. The number of para-hydroxylation sites is 2. The molecule has 76 valence electrons. The molecule has 0 heterocycles. The van der Waals surface area contributed by atoms with Crippen LogP contribution in [0.5, 0.6) is 5.75 Å². The van der Waals surface area contributed by atoms with Gasteiger partial charge in [-0.2, -0.15) is 0 Å². The van der Waals surface area contributed by atoms with Crippen LogP contribution in [0.25, 0.3) is 0 Å². The molecule has 0 aliphatic rings. The molecule has 14 heavy (non-hydrogen) atoms. The Labute approximate surface area is 91.3 Å². The molecule has 4 heteroatoms. The molecule has 1 aromatic carbocycles. The van der Waals surface area contributed by atoms with Gasteiger partial charge in [0, 0.05) is 0 Å². The molecule has 3 nitrogen and oxygen atoms in total. The molecular weight excluding hydrogens is 246 g/mol. The number of halogens is 1. The van der Waals surface area contributed by atoms with E-state index >= 15 is 0 Å². The average molecular weight is 258 g/mol. The second-order valence-corrected chi connectivity index (χ2v) is 3.99. The number of nitrogens with one attached hydrogen (secondary N) is 1. The molecule has 1 rings (SSSR count). The van der Waals surface area contributed by atoms with Crippen LogP contribution >= 0.6 is 15.9 Å². The maximum atomic E-state index is 11.4. The summed E-state index contributed by atoms with van der Waals surface area (Å²) in [5.74, 6) is -0.0642. The van der Waals surface area contributed by atoms with Crippen LogP contribution in [0.2, 0.25) is 0 Å². The van der Waals surface area contributed by atoms with E-state index in [4.69, 9.17) is 0 Å². The zero-order valence-electron chi connectivity index (χ0n) is 7.83. The minimum absolute atomic E-state index is 0.0802. The van der Waals surface area contributed by atoms with Crippen LogP contribution in [0, 0.1) is 0 Å². The predicted octanol–water partition coefficient (Wildman–Crippen LogP) is 2.50. The van der Waals surface area contributed by atoms with Crippen LogP contribution in [0.3, 0.4) is 0 Å². The van der Waals surface area contributed by atoms with Crippen molar-refractivity contribution in [1.82, 2.24) is 0 Å². The van der Waals surface area contributed by atoms with E-state index in [2.05, 4.69) is 21.2 Å². The van der Waals surface area contributed by atoms with Gasteiger partial charge in [0.25, 0.3) is 0 Å². The van der Waals surface area contributed by atoms with E-state index in [-0.39, 0.29) is 16.5 Å². The highest BCUT2D eigenvalue weighted by Crippen LogP contribution is 2.22. The summed E-state index contributed by atoms with van der Waals surface area (Å²) in [6.07, 6.45) is 0.708. The van der Waals surface area contributed by atoms with Crippen molar-refractivity contribution in [3.8, 4) is 5.75 Å². The molecule has 2 N–H and O–H groups in total. The van der Waals surface area contributed by atoms with Crippen molar-refractivity contribution < 1.29 is 9.90 Å². The van der Waals surface area contributed by atoms with Crippen LogP contribution in [0.15, 0.2) is 24.3 Å². The first-order chi connectivity index (χ1) is 6.65. The predicted molar refractivity (Wildman–Crippen MR) is 59.7 cm³/mol. The Balaban J connectivity index is 2.70. The molecule has 0 bridgehead atoms. The SMILES string of the molecule is CC[C@H](Br)C(=O)Nc1ccccc1O. The Morgan fingerprint density at radius 2 is 2.21 bits per heavy atom. The number of anilines is 1. The summed E-state index contributed by atoms with van der Waals surface area (Å²) in [5.41, 5.74) is 0.440. The van der Waals surface area contributed by atoms with Crippen LogP contribution in [0.4, 0.5) is 5.69 Å². The molecule has 0 saturated carbocycles. The smallest absolute Gasteiger partial charge is 0.238 e. The zero-order chi connectivity index (χ0) is 10.6. The highest BCUT2D eigenvalue weighted by Gasteiger charge is 2.13. The number of rotatable bonds is 3. The average Bonchev–Trinajstić information content (AvgIpc) is 2.20. The lowest BCUT2D eigenvalue weighted by Gasteiger charge is -2.09. The van der Waals surface area contributed by atoms with Gasteiger partial charge in [0.1, 0.15) is 5.75 Å². The molecule has 0 aliphatic heterocycles. The fourth-order valence-electron chi connectivity index (χ4n) is 0.976. The van der Waals surface area contributed by atoms with Gasteiger partial charge in [-0.05, 0) is 18.6 Å². The first-order valence-electron chi connectivity index (χ1n) is 4.38. The molecule has 0 fully saturated rings. The van der Waals surface area contributed by atoms with Crippen molar-refractivity contribution >= 4 is 27.5 Å². The van der Waals surface area contributed by atoms with Gasteiger partial charge < -0.3 is 10.4 Å². The van der Waals surface area contributed by atoms with Gasteiger partial charge in [0.2, 0.25) is 5.91 Å². The van der Waals surface area contributed by atoms with E-state index in [9.17, 15) is 9.90 Å². The zero-order valence-corrected chi connectivity index (χ0v) is 9.41. The summed E-state index contributed by atoms with van der Waals surface area (Å²) in [7, 11) is 0. The van der Waals surface area contributed by atoms with Crippen molar-refractivity contribution in [3.05, 3.63) is 24.3 Å². The number of phenolic OH excluding ortho intramolecular Hbond substituents is 1. The minimum atomic E-state index is -0.220. The van der Waals surface area contributed by atoms with Crippen molar-refractivity contribution in [1.29, 1.82) is 0 Å². The van der Waals surface area contributed by atoms with Crippen LogP contribution in [0.1, 0.15) is 13.3 Å². The minimum Gasteiger partial charge on any atom is -0.506 e. The summed E-state index contributed by atoms with van der Waals surface area (Å²) >= 11 is 3.23. The van der Waals surface area contributed by atoms with Crippen LogP contribution in [-0.4, -0.2) is 15.8 Å². The van der Waals surface area contributed by atoms with Gasteiger partial charge in [-0.25, -0.2) is 0 Å². The number of phenols is 1. The first kappa shape index (κ1) is 11.0. The quantitative estimate of drug-likeness (QED) is 0.646. The number of alkyl halides is 1. The summed E-state index contributed by atoms with van der Waals surface area (Å²) in [6.45, 7) is 1.91. The number of hydrogen-bond donors (Lipinski definition) is 2. The van der Waals surface area contributed by atoms with Gasteiger partial charge in [-0.1, -0.05) is 35.0 Å². The van der Waals surface area contributed by atoms with Crippen molar-refractivity contribution in [2.24, 2.45) is 0 Å². The molecule has 1 amide bonds. The first-order valence-corrected chi connectivity index (χ1v) is 5.29. The molecule has 0 aromatic heterocycles. The Kier molecular flexibility index (Phi) is 3.95. The number of hydrogen-bond acceptors (Lipinski definition) is 2. The third-order valence-electron chi connectivity index (χ3n) is 1.80. The van der Waals surface area contributed by atoms with E-state index in [0.717, 1.165) is 0 Å². The number of benzene rings is 1. The van der Waals surface area contributed by atoms with Gasteiger partial charge in [0.05, 0.1) is 10.5 Å². The summed E-state index contributed by atoms with van der Waals surface area (Å²) in [5, 5.41) is 12.0. The van der Waals surface area contributed by atoms with Crippen LogP contribution in [-0.2, 0) is 4.79 Å². The molecule has 0 aliphatic carbocycles. The third-order valence-corrected chi connectivity index (χ3v) is 2.87. The normalized spacial score (nSPS) is 12.1. The summed E-state index contributed by atoms with van der Waals surface area (Å²) in [4.78, 5) is 11.2. The van der Waals surface area contributed by atoms with Crippen LogP contribution < -0.4 is 5.32 Å². The maximum Gasteiger partial charge on any atom is 0.238 e. The van der Waals surface area contributed by atoms with E-state index in [0.29, 0.717) is 12.1 Å². The Hall–Kier alpha value is -1.03. The third kappa shape index (κ3) is 2.73. The van der Waals surface area contributed by atoms with E-state index in [1.165, 1.54) is 6.07 Å². The van der Waals surface area contributed by atoms with Crippen molar-refractivity contribution in [2.45, 2.75) is 18.2 Å². The molecule has 0 saturated heterocycles. The maximum absolute atomic E-state index is 11.4. The number of carbonyl (C=O) groups excluding carboxylic acids is 1. The molecule has 0 spiro atoms. The summed E-state index contributed by atoms with van der Waals surface area (Å²) < 4.78 is 0. The Morgan fingerprint density at radius 3 is 2.79 bits per heavy atom. The number of carbonyl (C=O) groups is 1. The van der Waals surface area contributed by atoms with Gasteiger partial charge >= 0.3 is 0 Å². The van der Waals surface area contributed by atoms with E-state index in [1.54, 1.807) is 18.2 Å². The molecule has 1 atom stereocenters. The molecular formula is C10H12BrNO2. The lowest BCUT2D eigenvalue weighted by Crippen LogP contribution is -2.21. The highest BCUT2D eigenvalue weighted by molar-refractivity contribution is 9.10. The van der Waals surface area contributed by atoms with Crippen molar-refractivity contribution in [3.63, 3.8) is 0 Å². The fraction of sp³-hybridized carbons (Fsp3) is 0.300. The second kappa shape index (κ2) is 5.00. The largest absolute Gasteiger partial charge is 0.506 e. The van der Waals surface area contributed by atoms with Crippen molar-refractivity contribution in [2.75, 3.05) is 5.32 Å². The van der Waals surface area contributed by atoms with Gasteiger partial charge in [0.15, 0.2) is 0 Å². The Morgan fingerprint density at radius 1 is 1.57 bits per heavy atom. The van der Waals surface area contributed by atoms with E-state index < -0.39 is 0 Å². The topological polar surface area (TPSA) is 49.3 Å². The summed E-state index contributed by atoms with van der Waals surface area (Å²) in [6, 6.07) is 6.65. The molecule has 0 unspecified atom stereocenters. The highest BCUT2D eigenvalue weighted by atomic mass is 79.9. The second-order valence-electron chi connectivity index (χ2n) is 2.88. The van der Waals surface area contributed by atoms with E-state index in [1.807, 2.05) is 6.92 Å². The lowest BCUT2D eigenvalue weighted by atomic mass is 10.2. The van der Waals surface area contributed by atoms with Gasteiger partial charge in [-0.15, -0.1) is 0 Å². The molecule has 0 radical (unpaired) electrons. The van der Waals surface area contributed by atoms with Gasteiger partial charge in [-0.3, -0.25) is 4.79 Å². The monoisotopic (exact) mass is 257 g/mol. The Bertz CT molecular complexity index is 328.